The molecule has 0 fully saturated rings. The van der Waals surface area contributed by atoms with Crippen LogP contribution in [0.1, 0.15) is 0 Å². The van der Waals surface area contributed by atoms with Crippen molar-refractivity contribution in [1.29, 1.82) is 0 Å². The fourth-order valence-electron chi connectivity index (χ4n) is 1.18. The molecule has 0 unspecified atom stereocenters. The topological polar surface area (TPSA) is 16.1 Å². The van der Waals surface area contributed by atoms with Gasteiger partial charge in [0.15, 0.2) is 0 Å². The summed E-state index contributed by atoms with van der Waals surface area (Å²) in [6, 6.07) is 0.222. The molecule has 0 atom stereocenters. The molecule has 0 radical (unpaired) electrons. The first-order valence-corrected chi connectivity index (χ1v) is 4.42. The first-order valence-electron chi connectivity index (χ1n) is 3.36. The lowest BCUT2D eigenvalue weighted by Crippen LogP contribution is -2.24. The Morgan fingerprint density at radius 2 is 1.82 bits per heavy atom. The molecule has 0 saturated carbocycles. The first-order chi connectivity index (χ1) is 5.38. The quantitative estimate of drug-likeness (QED) is 0.540. The lowest BCUT2D eigenvalue weighted by molar-refractivity contribution is 0.560. The van der Waals surface area contributed by atoms with Gasteiger partial charge in [-0.15, -0.1) is 23.2 Å². The average molecular weight is 192 g/mol. The van der Waals surface area contributed by atoms with Crippen molar-refractivity contribution in [2.45, 2.75) is 6.04 Å². The molecule has 2 rings (SSSR count). The standard InChI is InChI=1S/C7H7Cl2NO/c8-1-5(2-9)10-6-3-11-4-7(6)10/h3-5H,1-2H2. The number of alkyl halides is 2. The maximum absolute atomic E-state index is 5.69. The third kappa shape index (κ3) is 1.01. The van der Waals surface area contributed by atoms with Crippen LogP contribution in [0.25, 0.3) is 0 Å². The van der Waals surface area contributed by atoms with Crippen molar-refractivity contribution in [3.05, 3.63) is 12.5 Å². The monoisotopic (exact) mass is 191 g/mol. The minimum absolute atomic E-state index is 0.222. The fourth-order valence-corrected chi connectivity index (χ4v) is 1.78. The molecule has 2 heterocycles. The molecule has 0 amide bonds. The number of rotatable bonds is 3. The molecule has 1 aliphatic rings. The Balaban J connectivity index is 2.06. The van der Waals surface area contributed by atoms with Gasteiger partial charge in [-0.1, -0.05) is 0 Å². The van der Waals surface area contributed by atoms with Gasteiger partial charge in [0, 0.05) is 11.8 Å². The molecule has 0 saturated heterocycles. The Kier molecular flexibility index (Phi) is 1.74. The van der Waals surface area contributed by atoms with Crippen LogP contribution in [0, 0.1) is 0 Å². The zero-order chi connectivity index (χ0) is 7.84. The van der Waals surface area contributed by atoms with E-state index in [9.17, 15) is 0 Å². The molecule has 2 nitrogen and oxygen atoms in total. The third-order valence-corrected chi connectivity index (χ3v) is 2.52. The number of fused-ring (bicyclic) bond motifs is 1. The smallest absolute Gasteiger partial charge is 0.116 e. The van der Waals surface area contributed by atoms with Crippen molar-refractivity contribution < 1.29 is 4.42 Å². The van der Waals surface area contributed by atoms with E-state index in [1.807, 2.05) is 0 Å². The van der Waals surface area contributed by atoms with Crippen LogP contribution in [0.5, 0.6) is 0 Å². The van der Waals surface area contributed by atoms with Crippen molar-refractivity contribution >= 4 is 34.6 Å². The largest absolute Gasteiger partial charge is 0.468 e. The van der Waals surface area contributed by atoms with Gasteiger partial charge < -0.3 is 9.32 Å². The molecule has 0 aliphatic carbocycles. The summed E-state index contributed by atoms with van der Waals surface area (Å²) in [5.41, 5.74) is 2.24. The number of anilines is 2. The van der Waals surface area contributed by atoms with Gasteiger partial charge in [-0.3, -0.25) is 0 Å². The molecule has 1 aromatic heterocycles. The summed E-state index contributed by atoms with van der Waals surface area (Å²) in [6.45, 7) is 0. The number of nitrogens with zero attached hydrogens (tertiary/aromatic N) is 1. The Morgan fingerprint density at radius 1 is 1.27 bits per heavy atom. The van der Waals surface area contributed by atoms with E-state index in [2.05, 4.69) is 4.90 Å². The van der Waals surface area contributed by atoms with Gasteiger partial charge in [-0.25, -0.2) is 0 Å². The van der Waals surface area contributed by atoms with E-state index in [1.165, 1.54) is 0 Å². The van der Waals surface area contributed by atoms with Crippen molar-refractivity contribution in [1.82, 2.24) is 0 Å². The zero-order valence-electron chi connectivity index (χ0n) is 5.76. The minimum Gasteiger partial charge on any atom is -0.468 e. The van der Waals surface area contributed by atoms with Crippen molar-refractivity contribution in [3.63, 3.8) is 0 Å². The summed E-state index contributed by atoms with van der Waals surface area (Å²) in [4.78, 5) is 2.09. The highest BCUT2D eigenvalue weighted by Gasteiger charge is 2.36. The van der Waals surface area contributed by atoms with E-state index in [0.29, 0.717) is 11.8 Å². The lowest BCUT2D eigenvalue weighted by Gasteiger charge is -2.12. The molecule has 1 aromatic rings. The molecule has 11 heavy (non-hydrogen) atoms. The average Bonchev–Trinajstić information content (AvgIpc) is 2.54. The van der Waals surface area contributed by atoms with Gasteiger partial charge in [-0.05, 0) is 0 Å². The maximum Gasteiger partial charge on any atom is 0.116 e. The molecule has 1 aliphatic heterocycles. The van der Waals surface area contributed by atoms with E-state index in [1.54, 1.807) is 12.5 Å². The van der Waals surface area contributed by atoms with Gasteiger partial charge in [0.1, 0.15) is 23.9 Å². The van der Waals surface area contributed by atoms with Crippen LogP contribution in [-0.4, -0.2) is 17.8 Å². The predicted octanol–water partition coefficient (Wildman–Crippen LogP) is 2.58. The van der Waals surface area contributed by atoms with E-state index < -0.39 is 0 Å². The molecule has 0 spiro atoms. The predicted molar refractivity (Wildman–Crippen MR) is 46.1 cm³/mol. The van der Waals surface area contributed by atoms with Crippen molar-refractivity contribution in [2.24, 2.45) is 0 Å². The third-order valence-electron chi connectivity index (χ3n) is 1.81. The summed E-state index contributed by atoms with van der Waals surface area (Å²) >= 11 is 11.4. The maximum atomic E-state index is 5.69. The Bertz CT molecular complexity index is 238. The Morgan fingerprint density at radius 3 is 2.27 bits per heavy atom. The van der Waals surface area contributed by atoms with Gasteiger partial charge in [0.05, 0.1) is 6.04 Å². The fraction of sp³-hybridized carbons (Fsp3) is 0.429. The van der Waals surface area contributed by atoms with Gasteiger partial charge in [-0.2, -0.15) is 0 Å². The number of hydrogen-bond acceptors (Lipinski definition) is 2. The molecular weight excluding hydrogens is 185 g/mol. The Labute approximate surface area is 74.7 Å². The minimum atomic E-state index is 0.222. The van der Waals surface area contributed by atoms with Crippen LogP contribution >= 0.6 is 23.2 Å². The second-order valence-corrected chi connectivity index (χ2v) is 3.09. The zero-order valence-corrected chi connectivity index (χ0v) is 7.27. The summed E-state index contributed by atoms with van der Waals surface area (Å²) in [5.74, 6) is 1.11. The molecule has 4 heteroatoms. The van der Waals surface area contributed by atoms with Crippen LogP contribution < -0.4 is 4.90 Å². The van der Waals surface area contributed by atoms with E-state index in [0.717, 1.165) is 11.4 Å². The number of halogens is 2. The van der Waals surface area contributed by atoms with E-state index in [4.69, 9.17) is 27.6 Å². The van der Waals surface area contributed by atoms with Crippen LogP contribution in [-0.2, 0) is 0 Å². The second kappa shape index (κ2) is 2.61. The van der Waals surface area contributed by atoms with Crippen molar-refractivity contribution in [3.8, 4) is 0 Å². The second-order valence-electron chi connectivity index (χ2n) is 2.47. The highest BCUT2D eigenvalue weighted by molar-refractivity contribution is 6.22. The normalized spacial score (nSPS) is 13.9. The highest BCUT2D eigenvalue weighted by Crippen LogP contribution is 2.50. The first kappa shape index (κ1) is 7.32. The molecule has 60 valence electrons. The van der Waals surface area contributed by atoms with Crippen LogP contribution in [0.4, 0.5) is 11.4 Å². The number of hydrogen-bond donors (Lipinski definition) is 0. The van der Waals surface area contributed by atoms with Crippen LogP contribution in [0.3, 0.4) is 0 Å². The summed E-state index contributed by atoms with van der Waals surface area (Å²) < 4.78 is 4.92. The number of furan rings is 1. The lowest BCUT2D eigenvalue weighted by atomic mass is 10.4. The van der Waals surface area contributed by atoms with Gasteiger partial charge in [0.2, 0.25) is 0 Å². The molecule has 0 aromatic carbocycles. The SMILES string of the molecule is ClCC(CCl)N1c2cocc21. The summed E-state index contributed by atoms with van der Waals surface area (Å²) in [6.07, 6.45) is 3.42. The Hall–Kier alpha value is -0.340. The molecule has 0 N–H and O–H groups in total. The molecule has 0 bridgehead atoms. The van der Waals surface area contributed by atoms with E-state index in [-0.39, 0.29) is 6.04 Å². The van der Waals surface area contributed by atoms with Crippen LogP contribution in [0.15, 0.2) is 16.9 Å². The van der Waals surface area contributed by atoms with Gasteiger partial charge >= 0.3 is 0 Å². The summed E-state index contributed by atoms with van der Waals surface area (Å²) in [7, 11) is 0. The van der Waals surface area contributed by atoms with E-state index >= 15 is 0 Å². The highest BCUT2D eigenvalue weighted by atomic mass is 35.5. The van der Waals surface area contributed by atoms with Crippen LogP contribution in [0.2, 0.25) is 0 Å². The van der Waals surface area contributed by atoms with Gasteiger partial charge in [0.25, 0.3) is 0 Å². The summed E-state index contributed by atoms with van der Waals surface area (Å²) in [5, 5.41) is 0. The van der Waals surface area contributed by atoms with Crippen molar-refractivity contribution in [2.75, 3.05) is 16.7 Å². The molecular formula is C7H7Cl2NO.